The standard InChI is InChI=1S/C13H24O/c1-9(2)13(14)8-12-6-10(3)5-11(4)7-12/h9-12H,5-8H2,1-4H3. The summed E-state index contributed by atoms with van der Waals surface area (Å²) in [6, 6.07) is 0. The second-order valence-corrected chi connectivity index (χ2v) is 5.61. The van der Waals surface area contributed by atoms with Gasteiger partial charge in [0.1, 0.15) is 5.78 Å². The maximum absolute atomic E-state index is 11.6. The van der Waals surface area contributed by atoms with Crippen LogP contribution in [0.25, 0.3) is 0 Å². The fourth-order valence-electron chi connectivity index (χ4n) is 2.80. The Hall–Kier alpha value is -0.330. The number of carbonyl (C=O) groups is 1. The van der Waals surface area contributed by atoms with Crippen molar-refractivity contribution >= 4 is 5.78 Å². The van der Waals surface area contributed by atoms with Crippen LogP contribution < -0.4 is 0 Å². The molecule has 1 fully saturated rings. The number of Topliss-reactive ketones (excluding diaryl/α,β-unsaturated/α-hetero) is 1. The minimum Gasteiger partial charge on any atom is -0.299 e. The summed E-state index contributed by atoms with van der Waals surface area (Å²) < 4.78 is 0. The van der Waals surface area contributed by atoms with Crippen molar-refractivity contribution < 1.29 is 4.79 Å². The quantitative estimate of drug-likeness (QED) is 0.673. The van der Waals surface area contributed by atoms with Gasteiger partial charge in [-0.1, -0.05) is 27.7 Å². The Morgan fingerprint density at radius 2 is 1.64 bits per heavy atom. The Bertz CT molecular complexity index is 185. The highest BCUT2D eigenvalue weighted by atomic mass is 16.1. The minimum atomic E-state index is 0.225. The zero-order valence-corrected chi connectivity index (χ0v) is 10.0. The van der Waals surface area contributed by atoms with Gasteiger partial charge in [0, 0.05) is 12.3 Å². The number of carbonyl (C=O) groups excluding carboxylic acids is 1. The second kappa shape index (κ2) is 4.95. The summed E-state index contributed by atoms with van der Waals surface area (Å²) in [5, 5.41) is 0. The molecule has 2 atom stereocenters. The van der Waals surface area contributed by atoms with Gasteiger partial charge in [0.15, 0.2) is 0 Å². The van der Waals surface area contributed by atoms with Gasteiger partial charge in [0.2, 0.25) is 0 Å². The van der Waals surface area contributed by atoms with Gasteiger partial charge in [0.05, 0.1) is 0 Å². The molecule has 0 aromatic heterocycles. The topological polar surface area (TPSA) is 17.1 Å². The molecule has 0 N–H and O–H groups in total. The maximum atomic E-state index is 11.6. The summed E-state index contributed by atoms with van der Waals surface area (Å²) in [6.45, 7) is 8.67. The first kappa shape index (κ1) is 11.7. The Labute approximate surface area is 88.3 Å². The molecule has 1 saturated carbocycles. The van der Waals surface area contributed by atoms with E-state index in [1.165, 1.54) is 19.3 Å². The molecule has 0 aromatic rings. The van der Waals surface area contributed by atoms with Crippen LogP contribution in [0, 0.1) is 23.7 Å². The molecule has 0 saturated heterocycles. The van der Waals surface area contributed by atoms with Crippen LogP contribution in [-0.2, 0) is 4.79 Å². The molecule has 1 rings (SSSR count). The summed E-state index contributed by atoms with van der Waals surface area (Å²) in [6.07, 6.45) is 4.71. The van der Waals surface area contributed by atoms with Crippen LogP contribution in [0.4, 0.5) is 0 Å². The third-order valence-electron chi connectivity index (χ3n) is 3.41. The fourth-order valence-corrected chi connectivity index (χ4v) is 2.80. The molecule has 0 aliphatic heterocycles. The molecule has 0 aromatic carbocycles. The van der Waals surface area contributed by atoms with Crippen molar-refractivity contribution in [3.05, 3.63) is 0 Å². The van der Waals surface area contributed by atoms with Crippen LogP contribution in [-0.4, -0.2) is 5.78 Å². The fraction of sp³-hybridized carbons (Fsp3) is 0.923. The molecular formula is C13H24O. The summed E-state index contributed by atoms with van der Waals surface area (Å²) in [7, 11) is 0. The van der Waals surface area contributed by atoms with E-state index < -0.39 is 0 Å². The summed E-state index contributed by atoms with van der Waals surface area (Å²) in [5.41, 5.74) is 0. The molecule has 1 aliphatic carbocycles. The molecule has 2 unspecified atom stereocenters. The van der Waals surface area contributed by atoms with Gasteiger partial charge in [-0.25, -0.2) is 0 Å². The molecule has 1 heteroatoms. The van der Waals surface area contributed by atoms with Crippen molar-refractivity contribution in [1.82, 2.24) is 0 Å². The van der Waals surface area contributed by atoms with E-state index in [0.29, 0.717) is 11.7 Å². The molecular weight excluding hydrogens is 172 g/mol. The van der Waals surface area contributed by atoms with Crippen molar-refractivity contribution in [2.75, 3.05) is 0 Å². The molecule has 0 bridgehead atoms. The highest BCUT2D eigenvalue weighted by Gasteiger charge is 2.25. The van der Waals surface area contributed by atoms with Crippen molar-refractivity contribution in [3.63, 3.8) is 0 Å². The predicted molar refractivity (Wildman–Crippen MR) is 60.1 cm³/mol. The van der Waals surface area contributed by atoms with Crippen LogP contribution in [0.2, 0.25) is 0 Å². The number of ketones is 1. The minimum absolute atomic E-state index is 0.225. The highest BCUT2D eigenvalue weighted by molar-refractivity contribution is 5.80. The van der Waals surface area contributed by atoms with E-state index in [1.807, 2.05) is 13.8 Å². The maximum Gasteiger partial charge on any atom is 0.135 e. The van der Waals surface area contributed by atoms with Crippen LogP contribution >= 0.6 is 0 Å². The van der Waals surface area contributed by atoms with Gasteiger partial charge in [-0.05, 0) is 37.0 Å². The van der Waals surface area contributed by atoms with Gasteiger partial charge in [0.25, 0.3) is 0 Å². The normalized spacial score (nSPS) is 33.4. The van der Waals surface area contributed by atoms with Crippen LogP contribution in [0.1, 0.15) is 53.4 Å². The summed E-state index contributed by atoms with van der Waals surface area (Å²) >= 11 is 0. The van der Waals surface area contributed by atoms with E-state index in [9.17, 15) is 4.79 Å². The van der Waals surface area contributed by atoms with Gasteiger partial charge >= 0.3 is 0 Å². The first-order chi connectivity index (χ1) is 6.49. The van der Waals surface area contributed by atoms with Gasteiger partial charge in [-0.2, -0.15) is 0 Å². The molecule has 82 valence electrons. The molecule has 1 aliphatic rings. The van der Waals surface area contributed by atoms with Crippen molar-refractivity contribution in [1.29, 1.82) is 0 Å². The summed E-state index contributed by atoms with van der Waals surface area (Å²) in [4.78, 5) is 11.6. The van der Waals surface area contributed by atoms with E-state index in [-0.39, 0.29) is 5.92 Å². The van der Waals surface area contributed by atoms with Crippen molar-refractivity contribution in [2.45, 2.75) is 53.4 Å². The molecule has 0 radical (unpaired) electrons. The van der Waals surface area contributed by atoms with Gasteiger partial charge in [-0.3, -0.25) is 4.79 Å². The Kier molecular flexibility index (Phi) is 4.15. The lowest BCUT2D eigenvalue weighted by molar-refractivity contribution is -0.123. The molecule has 1 nitrogen and oxygen atoms in total. The first-order valence-corrected chi connectivity index (χ1v) is 6.01. The number of hydrogen-bond acceptors (Lipinski definition) is 1. The van der Waals surface area contributed by atoms with E-state index in [0.717, 1.165) is 18.3 Å². The SMILES string of the molecule is CC1CC(C)CC(CC(=O)C(C)C)C1. The van der Waals surface area contributed by atoms with E-state index in [2.05, 4.69) is 13.8 Å². The highest BCUT2D eigenvalue weighted by Crippen LogP contribution is 2.35. The third kappa shape index (κ3) is 3.43. The van der Waals surface area contributed by atoms with Gasteiger partial charge < -0.3 is 0 Å². The lowest BCUT2D eigenvalue weighted by Crippen LogP contribution is -2.23. The lowest BCUT2D eigenvalue weighted by Gasteiger charge is -2.31. The number of rotatable bonds is 3. The van der Waals surface area contributed by atoms with Crippen molar-refractivity contribution in [2.24, 2.45) is 23.7 Å². The molecule has 0 spiro atoms. The van der Waals surface area contributed by atoms with E-state index in [4.69, 9.17) is 0 Å². The molecule has 0 amide bonds. The summed E-state index contributed by atoms with van der Waals surface area (Å²) in [5.74, 6) is 3.00. The third-order valence-corrected chi connectivity index (χ3v) is 3.41. The van der Waals surface area contributed by atoms with Crippen LogP contribution in [0.15, 0.2) is 0 Å². The average Bonchev–Trinajstić information content (AvgIpc) is 2.01. The second-order valence-electron chi connectivity index (χ2n) is 5.61. The first-order valence-electron chi connectivity index (χ1n) is 6.01. The zero-order chi connectivity index (χ0) is 10.7. The van der Waals surface area contributed by atoms with Crippen LogP contribution in [0.3, 0.4) is 0 Å². The Morgan fingerprint density at radius 3 is 2.07 bits per heavy atom. The molecule has 14 heavy (non-hydrogen) atoms. The van der Waals surface area contributed by atoms with E-state index >= 15 is 0 Å². The smallest absolute Gasteiger partial charge is 0.135 e. The van der Waals surface area contributed by atoms with Crippen LogP contribution in [0.5, 0.6) is 0 Å². The Morgan fingerprint density at radius 1 is 1.14 bits per heavy atom. The van der Waals surface area contributed by atoms with E-state index in [1.54, 1.807) is 0 Å². The number of hydrogen-bond donors (Lipinski definition) is 0. The lowest BCUT2D eigenvalue weighted by atomic mass is 9.74. The van der Waals surface area contributed by atoms with Gasteiger partial charge in [-0.15, -0.1) is 0 Å². The monoisotopic (exact) mass is 196 g/mol. The zero-order valence-electron chi connectivity index (χ0n) is 10.0. The largest absolute Gasteiger partial charge is 0.299 e. The predicted octanol–water partition coefficient (Wildman–Crippen LogP) is 3.67. The average molecular weight is 196 g/mol. The Balaban J connectivity index is 2.40. The molecule has 0 heterocycles. The van der Waals surface area contributed by atoms with Crippen molar-refractivity contribution in [3.8, 4) is 0 Å².